The van der Waals surface area contributed by atoms with Crippen LogP contribution in [0.15, 0.2) is 18.2 Å². The highest BCUT2D eigenvalue weighted by molar-refractivity contribution is 6.17. The van der Waals surface area contributed by atoms with Gasteiger partial charge in [-0.3, -0.25) is 0 Å². The molecule has 0 amide bonds. The third-order valence-corrected chi connectivity index (χ3v) is 1.46. The van der Waals surface area contributed by atoms with Crippen LogP contribution < -0.4 is 4.74 Å². The minimum atomic E-state index is -0.230. The van der Waals surface area contributed by atoms with Crippen LogP contribution in [0.2, 0.25) is 0 Å². The molecule has 11 heavy (non-hydrogen) atoms. The van der Waals surface area contributed by atoms with Gasteiger partial charge < -0.3 is 4.74 Å². The summed E-state index contributed by atoms with van der Waals surface area (Å²) in [4.78, 5) is 0. The van der Waals surface area contributed by atoms with Crippen LogP contribution in [0, 0.1) is 12.7 Å². The number of hydrogen-bond donors (Lipinski definition) is 0. The Kier molecular flexibility index (Phi) is 2.71. The Morgan fingerprint density at radius 1 is 1.55 bits per heavy atom. The van der Waals surface area contributed by atoms with E-state index in [1.165, 1.54) is 6.07 Å². The van der Waals surface area contributed by atoms with Crippen LogP contribution in [0.1, 0.15) is 5.56 Å². The van der Waals surface area contributed by atoms with E-state index in [1.807, 2.05) is 0 Å². The average molecular weight is 175 g/mol. The van der Waals surface area contributed by atoms with Crippen molar-refractivity contribution in [1.29, 1.82) is 0 Å². The molecule has 1 aromatic rings. The second-order valence-corrected chi connectivity index (χ2v) is 2.38. The van der Waals surface area contributed by atoms with E-state index in [-0.39, 0.29) is 11.9 Å². The lowest BCUT2D eigenvalue weighted by Crippen LogP contribution is -1.90. The van der Waals surface area contributed by atoms with Gasteiger partial charge in [0.1, 0.15) is 11.6 Å². The van der Waals surface area contributed by atoms with Crippen LogP contribution in [-0.4, -0.2) is 6.07 Å². The first kappa shape index (κ1) is 8.34. The lowest BCUT2D eigenvalue weighted by atomic mass is 10.2. The third-order valence-electron chi connectivity index (χ3n) is 1.35. The number of benzene rings is 1. The molecule has 1 rings (SSSR count). The Morgan fingerprint density at radius 2 is 2.27 bits per heavy atom. The summed E-state index contributed by atoms with van der Waals surface area (Å²) in [5.74, 6) is 0.367. The summed E-state index contributed by atoms with van der Waals surface area (Å²) < 4.78 is 17.6. The predicted molar refractivity (Wildman–Crippen MR) is 42.5 cm³/mol. The molecule has 0 bridgehead atoms. The smallest absolute Gasteiger partial charge is 0.162 e. The number of aryl methyl sites for hydroxylation is 1. The van der Waals surface area contributed by atoms with E-state index in [0.717, 1.165) is 0 Å². The summed E-state index contributed by atoms with van der Waals surface area (Å²) in [7, 11) is 0. The molecule has 0 saturated heterocycles. The van der Waals surface area contributed by atoms with Gasteiger partial charge in [0.25, 0.3) is 0 Å². The predicted octanol–water partition coefficient (Wildman–Crippen LogP) is 2.71. The minimum absolute atomic E-state index is 0.0884. The van der Waals surface area contributed by atoms with Crippen molar-refractivity contribution in [2.75, 3.05) is 6.07 Å². The molecule has 1 nitrogen and oxygen atoms in total. The zero-order valence-electron chi connectivity index (χ0n) is 6.10. The molecule has 1 aromatic carbocycles. The fraction of sp³-hybridized carbons (Fsp3) is 0.250. The monoisotopic (exact) mass is 174 g/mol. The Balaban J connectivity index is 2.86. The molecule has 0 saturated carbocycles. The Labute approximate surface area is 69.7 Å². The first-order chi connectivity index (χ1) is 5.24. The summed E-state index contributed by atoms with van der Waals surface area (Å²) in [6, 6.07) is 4.60. The van der Waals surface area contributed by atoms with Crippen molar-refractivity contribution in [3.05, 3.63) is 29.6 Å². The van der Waals surface area contributed by atoms with Crippen molar-refractivity contribution in [2.24, 2.45) is 0 Å². The number of halogens is 2. The first-order valence-electron chi connectivity index (χ1n) is 3.19. The summed E-state index contributed by atoms with van der Waals surface area (Å²) in [6.07, 6.45) is 0. The van der Waals surface area contributed by atoms with E-state index in [9.17, 15) is 4.39 Å². The Morgan fingerprint density at radius 3 is 2.82 bits per heavy atom. The molecule has 0 atom stereocenters. The van der Waals surface area contributed by atoms with Crippen LogP contribution >= 0.6 is 11.6 Å². The highest BCUT2D eigenvalue weighted by atomic mass is 35.5. The lowest BCUT2D eigenvalue weighted by molar-refractivity contribution is 0.386. The van der Waals surface area contributed by atoms with Gasteiger partial charge in [0.15, 0.2) is 6.07 Å². The fourth-order valence-electron chi connectivity index (χ4n) is 0.770. The van der Waals surface area contributed by atoms with Gasteiger partial charge in [0.2, 0.25) is 0 Å². The van der Waals surface area contributed by atoms with Crippen molar-refractivity contribution in [1.82, 2.24) is 0 Å². The first-order valence-corrected chi connectivity index (χ1v) is 3.72. The van der Waals surface area contributed by atoms with Gasteiger partial charge in [0.05, 0.1) is 0 Å². The number of alkyl halides is 1. The van der Waals surface area contributed by atoms with E-state index >= 15 is 0 Å². The molecular weight excluding hydrogens is 167 g/mol. The van der Waals surface area contributed by atoms with Crippen molar-refractivity contribution < 1.29 is 9.13 Å². The summed E-state index contributed by atoms with van der Waals surface area (Å²) >= 11 is 5.31. The maximum Gasteiger partial charge on any atom is 0.162 e. The molecule has 3 heteroatoms. The molecule has 0 aromatic heterocycles. The number of ether oxygens (including phenoxy) is 1. The maximum absolute atomic E-state index is 12.7. The van der Waals surface area contributed by atoms with E-state index in [2.05, 4.69) is 0 Å². The van der Waals surface area contributed by atoms with E-state index in [0.29, 0.717) is 11.3 Å². The standard InChI is InChI=1S/C8H8ClFO/c1-6-4-7(11-5-9)2-3-8(6)10/h2-4H,5H2,1H3. The van der Waals surface area contributed by atoms with E-state index < -0.39 is 0 Å². The number of rotatable bonds is 2. The summed E-state index contributed by atoms with van der Waals surface area (Å²) in [5, 5.41) is 0. The maximum atomic E-state index is 12.7. The summed E-state index contributed by atoms with van der Waals surface area (Å²) in [5.41, 5.74) is 0.563. The van der Waals surface area contributed by atoms with E-state index in [1.54, 1.807) is 19.1 Å². The average Bonchev–Trinajstić information content (AvgIpc) is 1.98. The molecule has 0 aliphatic heterocycles. The third kappa shape index (κ3) is 2.09. The largest absolute Gasteiger partial charge is 0.478 e. The van der Waals surface area contributed by atoms with Gasteiger partial charge in [-0.25, -0.2) is 4.39 Å². The quantitative estimate of drug-likeness (QED) is 0.627. The molecule has 0 heterocycles. The van der Waals surface area contributed by atoms with Gasteiger partial charge in [-0.2, -0.15) is 0 Å². The van der Waals surface area contributed by atoms with Crippen molar-refractivity contribution in [3.8, 4) is 5.75 Å². The number of hydrogen-bond acceptors (Lipinski definition) is 1. The zero-order chi connectivity index (χ0) is 8.27. The topological polar surface area (TPSA) is 9.23 Å². The van der Waals surface area contributed by atoms with Gasteiger partial charge in [-0.1, -0.05) is 11.6 Å². The Bertz CT molecular complexity index is 250. The second-order valence-electron chi connectivity index (χ2n) is 2.16. The van der Waals surface area contributed by atoms with Crippen LogP contribution in [-0.2, 0) is 0 Å². The Hall–Kier alpha value is -0.760. The van der Waals surface area contributed by atoms with Crippen molar-refractivity contribution >= 4 is 11.6 Å². The van der Waals surface area contributed by atoms with Crippen LogP contribution in [0.25, 0.3) is 0 Å². The molecule has 0 aliphatic carbocycles. The SMILES string of the molecule is Cc1cc(OCCl)ccc1F. The van der Waals surface area contributed by atoms with Crippen LogP contribution in [0.5, 0.6) is 5.75 Å². The summed E-state index contributed by atoms with van der Waals surface area (Å²) in [6.45, 7) is 1.68. The zero-order valence-corrected chi connectivity index (χ0v) is 6.86. The molecule has 0 aliphatic rings. The molecule has 0 fully saturated rings. The molecule has 0 N–H and O–H groups in total. The van der Waals surface area contributed by atoms with Gasteiger partial charge in [-0.05, 0) is 30.7 Å². The van der Waals surface area contributed by atoms with Gasteiger partial charge >= 0.3 is 0 Å². The molecule has 0 spiro atoms. The minimum Gasteiger partial charge on any atom is -0.478 e. The highest BCUT2D eigenvalue weighted by Crippen LogP contribution is 2.15. The molecular formula is C8H8ClFO. The van der Waals surface area contributed by atoms with Crippen molar-refractivity contribution in [2.45, 2.75) is 6.92 Å². The molecule has 0 radical (unpaired) electrons. The molecule has 0 unspecified atom stereocenters. The van der Waals surface area contributed by atoms with Crippen molar-refractivity contribution in [3.63, 3.8) is 0 Å². The normalized spacial score (nSPS) is 9.73. The molecule has 60 valence electrons. The van der Waals surface area contributed by atoms with Crippen LogP contribution in [0.3, 0.4) is 0 Å². The highest BCUT2D eigenvalue weighted by Gasteiger charge is 1.97. The van der Waals surface area contributed by atoms with Gasteiger partial charge in [0, 0.05) is 0 Å². The second kappa shape index (κ2) is 3.58. The fourth-order valence-corrected chi connectivity index (χ4v) is 0.896. The lowest BCUT2D eigenvalue weighted by Gasteiger charge is -2.02. The van der Waals surface area contributed by atoms with E-state index in [4.69, 9.17) is 16.3 Å². The van der Waals surface area contributed by atoms with Crippen LogP contribution in [0.4, 0.5) is 4.39 Å². The van der Waals surface area contributed by atoms with Gasteiger partial charge in [-0.15, -0.1) is 0 Å².